The Balaban J connectivity index is 1.61. The zero-order chi connectivity index (χ0) is 22.4. The molecule has 0 unspecified atom stereocenters. The van der Waals surface area contributed by atoms with Gasteiger partial charge >= 0.3 is 6.61 Å². The Morgan fingerprint density at radius 2 is 1.87 bits per heavy atom. The summed E-state index contributed by atoms with van der Waals surface area (Å²) in [5.74, 6) is -0.647. The predicted molar refractivity (Wildman–Crippen MR) is 109 cm³/mol. The number of rotatable bonds is 8. The van der Waals surface area contributed by atoms with Gasteiger partial charge in [-0.1, -0.05) is 12.1 Å². The second-order valence-corrected chi connectivity index (χ2v) is 6.52. The number of aromatic nitrogens is 2. The van der Waals surface area contributed by atoms with Gasteiger partial charge in [-0.15, -0.1) is 0 Å². The molecule has 0 spiro atoms. The Hall–Kier alpha value is -3.82. The van der Waals surface area contributed by atoms with Crippen molar-refractivity contribution in [2.24, 2.45) is 0 Å². The molecule has 0 atom stereocenters. The second-order valence-electron chi connectivity index (χ2n) is 6.52. The summed E-state index contributed by atoms with van der Waals surface area (Å²) in [7, 11) is 0. The number of fused-ring (bicyclic) bond motifs is 1. The third-order valence-corrected chi connectivity index (χ3v) is 4.48. The van der Waals surface area contributed by atoms with Crippen molar-refractivity contribution in [2.75, 3.05) is 13.1 Å². The number of H-pyrrole nitrogens is 1. The van der Waals surface area contributed by atoms with E-state index in [9.17, 15) is 23.2 Å². The van der Waals surface area contributed by atoms with Crippen LogP contribution in [0.5, 0.6) is 5.75 Å². The summed E-state index contributed by atoms with van der Waals surface area (Å²) in [4.78, 5) is 45.4. The lowest BCUT2D eigenvalue weighted by Crippen LogP contribution is -2.40. The molecule has 1 aromatic heterocycles. The molecule has 2 amide bonds. The number of aromatic amines is 1. The Kier molecular flexibility index (Phi) is 6.91. The van der Waals surface area contributed by atoms with E-state index >= 15 is 0 Å². The Bertz CT molecular complexity index is 1130. The molecule has 0 aliphatic rings. The highest BCUT2D eigenvalue weighted by Crippen LogP contribution is 2.15. The molecule has 162 valence electrons. The van der Waals surface area contributed by atoms with Gasteiger partial charge in [0.15, 0.2) is 0 Å². The average Bonchev–Trinajstić information content (AvgIpc) is 2.75. The van der Waals surface area contributed by atoms with Crippen molar-refractivity contribution < 1.29 is 23.1 Å². The van der Waals surface area contributed by atoms with E-state index in [0.29, 0.717) is 23.3 Å². The molecule has 31 heavy (non-hydrogen) atoms. The summed E-state index contributed by atoms with van der Waals surface area (Å²) < 4.78 is 28.6. The lowest BCUT2D eigenvalue weighted by Gasteiger charge is -2.20. The number of carbonyl (C=O) groups excluding carboxylic acids is 2. The van der Waals surface area contributed by atoms with Crippen molar-refractivity contribution in [1.82, 2.24) is 20.2 Å². The van der Waals surface area contributed by atoms with Gasteiger partial charge in [-0.2, -0.15) is 8.78 Å². The van der Waals surface area contributed by atoms with E-state index in [1.54, 1.807) is 31.2 Å². The lowest BCUT2D eigenvalue weighted by molar-refractivity contribution is -0.130. The van der Waals surface area contributed by atoms with Crippen LogP contribution in [0.2, 0.25) is 0 Å². The Morgan fingerprint density at radius 1 is 1.16 bits per heavy atom. The second kappa shape index (κ2) is 9.79. The third kappa shape index (κ3) is 5.62. The summed E-state index contributed by atoms with van der Waals surface area (Å²) in [6.07, 6.45) is 0. The number of likely N-dealkylation sites (N-methyl/N-ethyl adjacent to an activating group) is 1. The highest BCUT2D eigenvalue weighted by molar-refractivity contribution is 5.96. The van der Waals surface area contributed by atoms with Crippen LogP contribution in [0, 0.1) is 0 Å². The number of halogens is 2. The first-order valence-corrected chi connectivity index (χ1v) is 9.46. The summed E-state index contributed by atoms with van der Waals surface area (Å²) in [6, 6.07) is 12.0. The molecule has 8 nitrogen and oxygen atoms in total. The number of nitrogens with one attached hydrogen (secondary N) is 2. The number of carbonyl (C=O) groups is 2. The topological polar surface area (TPSA) is 104 Å². The molecule has 2 aromatic carbocycles. The summed E-state index contributed by atoms with van der Waals surface area (Å²) in [6.45, 7) is -1.06. The minimum atomic E-state index is -2.95. The molecule has 0 aliphatic carbocycles. The van der Waals surface area contributed by atoms with Crippen molar-refractivity contribution in [3.05, 3.63) is 70.3 Å². The maximum absolute atomic E-state index is 12.5. The molecule has 0 fully saturated rings. The number of amides is 2. The van der Waals surface area contributed by atoms with Gasteiger partial charge in [0.2, 0.25) is 5.91 Å². The third-order valence-electron chi connectivity index (χ3n) is 4.48. The molecule has 0 radical (unpaired) electrons. The molecule has 0 saturated carbocycles. The van der Waals surface area contributed by atoms with Gasteiger partial charge in [0.1, 0.15) is 11.6 Å². The predicted octanol–water partition coefficient (Wildman–Crippen LogP) is 2.30. The maximum atomic E-state index is 12.5. The molecule has 10 heteroatoms. The van der Waals surface area contributed by atoms with E-state index < -0.39 is 12.5 Å². The normalized spacial score (nSPS) is 10.8. The quantitative estimate of drug-likeness (QED) is 0.571. The van der Waals surface area contributed by atoms with Crippen LogP contribution >= 0.6 is 0 Å². The molecular formula is C21H20F2N4O4. The van der Waals surface area contributed by atoms with Crippen LogP contribution in [0.15, 0.2) is 53.3 Å². The van der Waals surface area contributed by atoms with Crippen LogP contribution in [0.25, 0.3) is 10.9 Å². The Labute approximate surface area is 175 Å². The number of para-hydroxylation sites is 1. The molecule has 3 rings (SSSR count). The lowest BCUT2D eigenvalue weighted by atomic mass is 10.2. The van der Waals surface area contributed by atoms with Crippen molar-refractivity contribution >= 4 is 22.7 Å². The molecule has 0 bridgehead atoms. The molecule has 0 saturated heterocycles. The van der Waals surface area contributed by atoms with Crippen molar-refractivity contribution in [2.45, 2.75) is 20.1 Å². The SMILES string of the molecule is CCN(Cc1nc2ccccc2c(=O)[nH]1)C(=O)CNC(=O)c1ccc(OC(F)F)cc1. The van der Waals surface area contributed by atoms with E-state index in [4.69, 9.17) is 0 Å². The van der Waals surface area contributed by atoms with Crippen LogP contribution in [0.4, 0.5) is 8.78 Å². The number of alkyl halides is 2. The molecule has 2 N–H and O–H groups in total. The minimum Gasteiger partial charge on any atom is -0.435 e. The highest BCUT2D eigenvalue weighted by Gasteiger charge is 2.16. The number of ether oxygens (including phenoxy) is 1. The Morgan fingerprint density at radius 3 is 2.55 bits per heavy atom. The van der Waals surface area contributed by atoms with Gasteiger partial charge in [-0.3, -0.25) is 14.4 Å². The van der Waals surface area contributed by atoms with Crippen LogP contribution < -0.4 is 15.6 Å². The van der Waals surface area contributed by atoms with Crippen molar-refractivity contribution in [3.63, 3.8) is 0 Å². The van der Waals surface area contributed by atoms with Crippen molar-refractivity contribution in [3.8, 4) is 5.75 Å². The standard InChI is InChI=1S/C21H20F2N4O4/c1-2-27(12-17-25-16-6-4-3-5-15(16)20(30)26-17)18(28)11-24-19(29)13-7-9-14(10-8-13)31-21(22)23/h3-10,21H,2,11-12H2,1H3,(H,24,29)(H,25,26,30). The summed E-state index contributed by atoms with van der Waals surface area (Å²) >= 11 is 0. The minimum absolute atomic E-state index is 0.0725. The summed E-state index contributed by atoms with van der Waals surface area (Å²) in [5, 5.41) is 2.95. The number of hydrogen-bond acceptors (Lipinski definition) is 5. The summed E-state index contributed by atoms with van der Waals surface area (Å²) in [5.41, 5.74) is 0.423. The molecule has 1 heterocycles. The zero-order valence-electron chi connectivity index (χ0n) is 16.6. The first kappa shape index (κ1) is 21.9. The van der Waals surface area contributed by atoms with E-state index in [1.807, 2.05) is 0 Å². The molecule has 0 aliphatic heterocycles. The number of nitrogens with zero attached hydrogens (tertiary/aromatic N) is 2. The van der Waals surface area contributed by atoms with Gasteiger partial charge in [-0.05, 0) is 43.3 Å². The monoisotopic (exact) mass is 430 g/mol. The first-order chi connectivity index (χ1) is 14.9. The van der Waals surface area contributed by atoms with Gasteiger partial charge < -0.3 is 19.9 Å². The van der Waals surface area contributed by atoms with E-state index in [0.717, 1.165) is 0 Å². The largest absolute Gasteiger partial charge is 0.435 e. The van der Waals surface area contributed by atoms with E-state index in [2.05, 4.69) is 20.0 Å². The van der Waals surface area contributed by atoms with Gasteiger partial charge in [0.05, 0.1) is 24.0 Å². The average molecular weight is 430 g/mol. The van der Waals surface area contributed by atoms with Gasteiger partial charge in [-0.25, -0.2) is 4.98 Å². The van der Waals surface area contributed by atoms with E-state index in [1.165, 1.54) is 29.2 Å². The fourth-order valence-electron chi connectivity index (χ4n) is 2.92. The van der Waals surface area contributed by atoms with Crippen LogP contribution in [-0.4, -0.2) is 46.4 Å². The van der Waals surface area contributed by atoms with Gasteiger partial charge in [0, 0.05) is 12.1 Å². The molecular weight excluding hydrogens is 410 g/mol. The van der Waals surface area contributed by atoms with Crippen LogP contribution in [0.1, 0.15) is 23.1 Å². The van der Waals surface area contributed by atoms with E-state index in [-0.39, 0.29) is 35.9 Å². The fourth-order valence-corrected chi connectivity index (χ4v) is 2.92. The van der Waals surface area contributed by atoms with Gasteiger partial charge in [0.25, 0.3) is 11.5 Å². The molecule has 3 aromatic rings. The highest BCUT2D eigenvalue weighted by atomic mass is 19.3. The number of benzene rings is 2. The first-order valence-electron chi connectivity index (χ1n) is 9.46. The van der Waals surface area contributed by atoms with Crippen LogP contribution in [-0.2, 0) is 11.3 Å². The smallest absolute Gasteiger partial charge is 0.387 e. The zero-order valence-corrected chi connectivity index (χ0v) is 16.6. The van der Waals surface area contributed by atoms with Crippen LogP contribution in [0.3, 0.4) is 0 Å². The van der Waals surface area contributed by atoms with Crippen molar-refractivity contribution in [1.29, 1.82) is 0 Å². The maximum Gasteiger partial charge on any atom is 0.387 e. The number of hydrogen-bond donors (Lipinski definition) is 2. The fraction of sp³-hybridized carbons (Fsp3) is 0.238.